The summed E-state index contributed by atoms with van der Waals surface area (Å²) in [6, 6.07) is 14.1. The van der Waals surface area contributed by atoms with Crippen LogP contribution in [0, 0.1) is 5.92 Å². The summed E-state index contributed by atoms with van der Waals surface area (Å²) in [6.07, 6.45) is -4.05. The van der Waals surface area contributed by atoms with E-state index in [1.165, 1.54) is 42.2 Å². The largest absolute Gasteiger partial charge is 0.508 e. The number of carbonyl (C=O) groups excluding carboxylic acids is 13. The Morgan fingerprint density at radius 3 is 1.66 bits per heavy atom. The highest BCUT2D eigenvalue weighted by atomic mass is 32.1. The minimum atomic E-state index is -2.18. The number of amides is 12. The molecule has 114 heavy (non-hydrogen) atoms. The SMILES string of the molecule is CC(=O)N[C@H](C(=O)N1CCC[C@H]1C(=O)NCC(=O)N[C@@H](CCC(N)=O)C(=O)N[C@@H](Cc1ccc(-c2ccccc2)cc1)C(=O)N[C@@H](CC(=O)O)C(=O)N[C@@H](CC(=O)O)C(=O)N[C@@H](C)C(=O)N[C@@H](CC(=O)O)C(=O)N[C@@H](CCCCNC(=S)Nc1ccc2c(c1)C(=O)OC21c2ccc(O)cc2Oc2cc(O)ccc21)C(N)=O)C(C)C. The zero-order valence-corrected chi connectivity index (χ0v) is 63.0. The average Bonchev–Trinajstić information content (AvgIpc) is 1.50. The Balaban J connectivity index is 0.873. The van der Waals surface area contributed by atoms with E-state index in [4.69, 9.17) is 33.2 Å². The molecule has 0 aromatic heterocycles. The number of nitrogens with two attached hydrogens (primary N) is 2. The van der Waals surface area contributed by atoms with Gasteiger partial charge in [-0.25, -0.2) is 4.79 Å². The molecule has 0 unspecified atom stereocenters. The van der Waals surface area contributed by atoms with Crippen molar-refractivity contribution in [3.05, 3.63) is 137 Å². The Morgan fingerprint density at radius 2 is 1.11 bits per heavy atom. The molecular weight excluding hydrogens is 1510 g/mol. The molecule has 1 spiro atoms. The van der Waals surface area contributed by atoms with Gasteiger partial charge in [0.05, 0.1) is 31.4 Å². The molecule has 0 radical (unpaired) electrons. The van der Waals surface area contributed by atoms with E-state index in [-0.39, 0.29) is 71.9 Å². The summed E-state index contributed by atoms with van der Waals surface area (Å²) < 4.78 is 12.1. The van der Waals surface area contributed by atoms with Crippen molar-refractivity contribution >= 4 is 118 Å². The maximum absolute atomic E-state index is 14.6. The van der Waals surface area contributed by atoms with E-state index in [2.05, 4.69) is 58.5 Å². The van der Waals surface area contributed by atoms with Gasteiger partial charge < -0.3 is 110 Å². The Morgan fingerprint density at radius 1 is 0.579 bits per heavy atom. The van der Waals surface area contributed by atoms with Crippen molar-refractivity contribution < 1.29 is 112 Å². The van der Waals surface area contributed by atoms with E-state index in [0.717, 1.165) is 18.1 Å². The molecule has 3 aliphatic rings. The first-order valence-electron chi connectivity index (χ1n) is 36.1. The van der Waals surface area contributed by atoms with Crippen LogP contribution in [-0.4, -0.2) is 204 Å². The number of carboxylic acid groups (broad SMARTS) is 3. The molecule has 12 amide bonds. The lowest BCUT2D eigenvalue weighted by molar-refractivity contribution is -0.143. The number of nitrogens with one attached hydrogen (secondary N) is 11. The number of benzene rings is 5. The maximum Gasteiger partial charge on any atom is 0.340 e. The predicted octanol–water partition coefficient (Wildman–Crippen LogP) is -0.112. The second kappa shape index (κ2) is 39.1. The quantitative estimate of drug-likeness (QED) is 0.0139. The van der Waals surface area contributed by atoms with Crippen LogP contribution in [0.2, 0.25) is 0 Å². The number of carboxylic acids is 3. The van der Waals surface area contributed by atoms with Crippen LogP contribution in [0.1, 0.15) is 125 Å². The molecule has 37 nitrogen and oxygen atoms in total. The van der Waals surface area contributed by atoms with E-state index in [1.807, 2.05) is 12.1 Å². The third-order valence-corrected chi connectivity index (χ3v) is 18.9. The number of ether oxygens (including phenoxy) is 2. The number of nitrogens with zero attached hydrogens (tertiary/aromatic N) is 1. The van der Waals surface area contributed by atoms with Gasteiger partial charge in [0.25, 0.3) is 0 Å². The monoisotopic (exact) mass is 1600 g/mol. The van der Waals surface area contributed by atoms with Gasteiger partial charge in [-0.15, -0.1) is 0 Å². The molecule has 20 N–H and O–H groups in total. The molecule has 5 aromatic carbocycles. The lowest BCUT2D eigenvalue weighted by Gasteiger charge is -2.36. The second-order valence-electron chi connectivity index (χ2n) is 27.6. The fourth-order valence-corrected chi connectivity index (χ4v) is 13.3. The van der Waals surface area contributed by atoms with Crippen LogP contribution >= 0.6 is 12.2 Å². The average molecular weight is 1600 g/mol. The minimum absolute atomic E-state index is 0.109. The molecule has 38 heteroatoms. The number of likely N-dealkylation sites (tertiary alicyclic amines) is 1. The van der Waals surface area contributed by atoms with Crippen LogP contribution < -0.4 is 74.7 Å². The first-order chi connectivity index (χ1) is 54.0. The highest BCUT2D eigenvalue weighted by Gasteiger charge is 2.54. The number of phenols is 2. The minimum Gasteiger partial charge on any atom is -0.508 e. The fraction of sp³-hybridized carbons (Fsp3) is 0.382. The Kier molecular flexibility index (Phi) is 29.6. The number of phenolic OH excluding ortho intramolecular Hbond substituents is 2. The molecule has 3 heterocycles. The molecule has 1 saturated heterocycles. The molecule has 1 fully saturated rings. The number of hydrogen-bond donors (Lipinski definition) is 18. The number of thiocarbonyl (C=S) groups is 1. The van der Waals surface area contributed by atoms with Gasteiger partial charge in [-0.1, -0.05) is 74.5 Å². The van der Waals surface area contributed by atoms with E-state index in [1.54, 1.807) is 80.6 Å². The molecule has 0 aliphatic carbocycles. The van der Waals surface area contributed by atoms with Crippen LogP contribution in [-0.2, 0) is 88.7 Å². The third-order valence-electron chi connectivity index (χ3n) is 18.7. The Hall–Kier alpha value is -13.3. The van der Waals surface area contributed by atoms with Gasteiger partial charge in [-0.3, -0.25) is 71.9 Å². The van der Waals surface area contributed by atoms with Crippen molar-refractivity contribution in [1.82, 2.24) is 58.1 Å². The number of primary amides is 2. The number of aromatic hydroxyl groups is 2. The summed E-state index contributed by atoms with van der Waals surface area (Å²) >= 11 is 5.51. The summed E-state index contributed by atoms with van der Waals surface area (Å²) in [6.45, 7) is 5.25. The number of hydrogen-bond acceptors (Lipinski definition) is 21. The second-order valence-corrected chi connectivity index (χ2v) is 28.0. The molecule has 606 valence electrons. The number of esters is 1. The number of rotatable bonds is 38. The van der Waals surface area contributed by atoms with Gasteiger partial charge in [-0.2, -0.15) is 0 Å². The van der Waals surface area contributed by atoms with Gasteiger partial charge in [0.15, 0.2) is 10.7 Å². The van der Waals surface area contributed by atoms with Crippen LogP contribution in [0.4, 0.5) is 5.69 Å². The zero-order valence-electron chi connectivity index (χ0n) is 62.2. The fourth-order valence-electron chi connectivity index (χ4n) is 13.0. The van der Waals surface area contributed by atoms with Crippen LogP contribution in [0.3, 0.4) is 0 Å². The first kappa shape index (κ1) is 86.3. The highest BCUT2D eigenvalue weighted by Crippen LogP contribution is 2.57. The van der Waals surface area contributed by atoms with Crippen molar-refractivity contribution in [2.75, 3.05) is 25.0 Å². The topological polar surface area (TPSA) is 580 Å². The lowest BCUT2D eigenvalue weighted by Crippen LogP contribution is -2.60. The summed E-state index contributed by atoms with van der Waals surface area (Å²) in [5.41, 5.74) is 13.3. The highest BCUT2D eigenvalue weighted by molar-refractivity contribution is 7.80. The van der Waals surface area contributed by atoms with Crippen molar-refractivity contribution in [3.8, 4) is 34.1 Å². The summed E-state index contributed by atoms with van der Waals surface area (Å²) in [4.78, 5) is 213. The van der Waals surface area contributed by atoms with Gasteiger partial charge >= 0.3 is 23.9 Å². The van der Waals surface area contributed by atoms with Gasteiger partial charge in [0.1, 0.15) is 77.4 Å². The number of carbonyl (C=O) groups is 16. The van der Waals surface area contributed by atoms with E-state index in [9.17, 15) is 102 Å². The van der Waals surface area contributed by atoms with Crippen molar-refractivity contribution in [2.24, 2.45) is 17.4 Å². The van der Waals surface area contributed by atoms with Crippen molar-refractivity contribution in [2.45, 2.75) is 158 Å². The molecular formula is C76H88N14O23S. The standard InChI is InChI=1S/C76H88N14O23S/c1-37(2)64(82-39(4)91)73(110)90-28-10-14-56(90)72(109)80-36-60(95)84-51(25-26-59(77)94)67(104)87-52(29-40-15-17-42(18-16-40)41-11-6-5-7-12-41)69(106)89-55(35-63(100)101)71(108)88-53(33-61(96)97)68(105)81-38(3)66(103)86-54(34-62(98)99)70(107)85-50(65(78)102)13-8-9-27-79-75(114)83-43-19-22-47-46(30-43)74(111)113-76(47)48-23-20-44(92)31-57(48)112-58-32-45(93)21-24-49(58)76/h5-7,11-12,15-24,30-32,37-38,50-56,64,92-93H,8-10,13-14,25-29,33-36H2,1-4H3,(H2,77,94)(H2,78,102)(H,80,109)(H,81,105)(H,82,91)(H,84,95)(H,85,107)(H,86,103)(H,87,104)(H,88,108)(H,89,106)(H,96,97)(H,98,99)(H,100,101)(H2,79,83,114)/t38-,50-,51-,52-,53-,54-,55-,56-,64-/m0/s1. The first-order valence-corrected chi connectivity index (χ1v) is 36.5. The Bertz CT molecular complexity index is 4510. The molecule has 3 aliphatic heterocycles. The molecule has 0 saturated carbocycles. The van der Waals surface area contributed by atoms with Crippen LogP contribution in [0.5, 0.6) is 23.0 Å². The predicted molar refractivity (Wildman–Crippen MR) is 405 cm³/mol. The van der Waals surface area contributed by atoms with E-state index >= 15 is 0 Å². The maximum atomic E-state index is 14.6. The Labute approximate surface area is 656 Å². The van der Waals surface area contributed by atoms with Gasteiger partial charge in [0, 0.05) is 67.4 Å². The lowest BCUT2D eigenvalue weighted by atomic mass is 9.77. The van der Waals surface area contributed by atoms with E-state index < -0.39 is 200 Å². The number of aliphatic carboxylic acids is 3. The third kappa shape index (κ3) is 22.9. The van der Waals surface area contributed by atoms with Crippen LogP contribution in [0.25, 0.3) is 11.1 Å². The summed E-state index contributed by atoms with van der Waals surface area (Å²) in [5.74, 6) is -18.5. The molecule has 8 rings (SSSR count). The van der Waals surface area contributed by atoms with Crippen molar-refractivity contribution in [1.29, 1.82) is 0 Å². The smallest absolute Gasteiger partial charge is 0.340 e. The van der Waals surface area contributed by atoms with Gasteiger partial charge in [-0.05, 0) is 117 Å². The normalized spacial score (nSPS) is 15.5. The van der Waals surface area contributed by atoms with E-state index in [0.29, 0.717) is 40.8 Å². The summed E-state index contributed by atoms with van der Waals surface area (Å²) in [5, 5.41) is 77.1. The van der Waals surface area contributed by atoms with Gasteiger partial charge in [0.2, 0.25) is 70.9 Å². The number of unbranched alkanes of at least 4 members (excludes halogenated alkanes) is 1. The van der Waals surface area contributed by atoms with Crippen molar-refractivity contribution in [3.63, 3.8) is 0 Å². The molecule has 0 bridgehead atoms. The number of anilines is 1. The number of fused-ring (bicyclic) bond motifs is 6. The summed E-state index contributed by atoms with van der Waals surface area (Å²) in [7, 11) is 0. The molecule has 5 aromatic rings. The zero-order chi connectivity index (χ0) is 83.4. The molecule has 9 atom stereocenters. The van der Waals surface area contributed by atoms with Crippen LogP contribution in [0.15, 0.2) is 109 Å².